The van der Waals surface area contributed by atoms with Crippen LogP contribution in [0.15, 0.2) is 42.5 Å². The molecule has 2 aromatic rings. The predicted molar refractivity (Wildman–Crippen MR) is 67.2 cm³/mol. The minimum Gasteiger partial charge on any atom is -0.392 e. The molecular formula is C15H14O. The van der Waals surface area contributed by atoms with Crippen LogP contribution in [-0.2, 0) is 0 Å². The van der Waals surface area contributed by atoms with Gasteiger partial charge in [-0.1, -0.05) is 48.4 Å². The summed E-state index contributed by atoms with van der Waals surface area (Å²) in [7, 11) is 0. The lowest BCUT2D eigenvalue weighted by atomic mass is 9.90. The smallest absolute Gasteiger partial charge is 0.0712 e. The lowest BCUT2D eigenvalue weighted by Gasteiger charge is -2.16. The fourth-order valence-electron chi connectivity index (χ4n) is 2.01. The third kappa shape index (κ3) is 1.80. The molecule has 1 N–H and O–H groups in total. The number of fused-ring (bicyclic) bond motifs is 1. The van der Waals surface area contributed by atoms with Gasteiger partial charge in [0.25, 0.3) is 0 Å². The normalized spacial score (nSPS) is 14.3. The van der Waals surface area contributed by atoms with Crippen LogP contribution in [0.4, 0.5) is 0 Å². The van der Waals surface area contributed by atoms with Crippen LogP contribution in [0.25, 0.3) is 10.8 Å². The summed E-state index contributed by atoms with van der Waals surface area (Å²) in [6.07, 6.45) is 4.96. The SMILES string of the molecule is C#CC(c1cccc2ccccc12)C(C)O. The van der Waals surface area contributed by atoms with Crippen LogP contribution in [0.3, 0.4) is 0 Å². The van der Waals surface area contributed by atoms with E-state index in [0.717, 1.165) is 16.3 Å². The third-order valence-corrected chi connectivity index (χ3v) is 2.82. The van der Waals surface area contributed by atoms with Gasteiger partial charge in [0.05, 0.1) is 12.0 Å². The molecule has 0 heterocycles. The molecule has 0 aliphatic rings. The maximum atomic E-state index is 9.68. The number of benzene rings is 2. The highest BCUT2D eigenvalue weighted by atomic mass is 16.3. The zero-order valence-electron chi connectivity index (χ0n) is 9.22. The molecule has 0 aromatic heterocycles. The second kappa shape index (κ2) is 4.38. The van der Waals surface area contributed by atoms with Crippen LogP contribution in [0, 0.1) is 12.3 Å². The topological polar surface area (TPSA) is 20.2 Å². The van der Waals surface area contributed by atoms with E-state index in [4.69, 9.17) is 6.42 Å². The lowest BCUT2D eigenvalue weighted by molar-refractivity contribution is 0.182. The molecule has 0 saturated heterocycles. The van der Waals surface area contributed by atoms with Gasteiger partial charge in [0.2, 0.25) is 0 Å². The van der Waals surface area contributed by atoms with E-state index in [-0.39, 0.29) is 5.92 Å². The second-order valence-electron chi connectivity index (χ2n) is 3.95. The van der Waals surface area contributed by atoms with Gasteiger partial charge < -0.3 is 5.11 Å². The van der Waals surface area contributed by atoms with Gasteiger partial charge in [-0.05, 0) is 23.3 Å². The van der Waals surface area contributed by atoms with E-state index >= 15 is 0 Å². The summed E-state index contributed by atoms with van der Waals surface area (Å²) in [5.41, 5.74) is 1.02. The van der Waals surface area contributed by atoms with Gasteiger partial charge in [0.1, 0.15) is 0 Å². The summed E-state index contributed by atoms with van der Waals surface area (Å²) in [6, 6.07) is 14.1. The van der Waals surface area contributed by atoms with Crippen LogP contribution >= 0.6 is 0 Å². The van der Waals surface area contributed by atoms with Gasteiger partial charge in [-0.25, -0.2) is 0 Å². The third-order valence-electron chi connectivity index (χ3n) is 2.82. The Balaban J connectivity index is 2.65. The van der Waals surface area contributed by atoms with E-state index in [1.165, 1.54) is 0 Å². The molecule has 1 nitrogen and oxygen atoms in total. The summed E-state index contributed by atoms with van der Waals surface area (Å²) in [4.78, 5) is 0. The molecule has 0 aliphatic heterocycles. The fourth-order valence-corrected chi connectivity index (χ4v) is 2.01. The van der Waals surface area contributed by atoms with E-state index in [1.807, 2.05) is 30.3 Å². The van der Waals surface area contributed by atoms with Crippen molar-refractivity contribution in [1.82, 2.24) is 0 Å². The number of terminal acetylenes is 1. The Hall–Kier alpha value is -1.78. The molecule has 0 amide bonds. The van der Waals surface area contributed by atoms with Crippen molar-refractivity contribution < 1.29 is 5.11 Å². The highest BCUT2D eigenvalue weighted by molar-refractivity contribution is 5.86. The monoisotopic (exact) mass is 210 g/mol. The number of hydrogen-bond donors (Lipinski definition) is 1. The number of rotatable bonds is 2. The van der Waals surface area contributed by atoms with Crippen molar-refractivity contribution in [2.24, 2.45) is 0 Å². The van der Waals surface area contributed by atoms with Gasteiger partial charge in [-0.15, -0.1) is 6.42 Å². The Morgan fingerprint density at radius 3 is 2.50 bits per heavy atom. The van der Waals surface area contributed by atoms with E-state index in [9.17, 15) is 5.11 Å². The van der Waals surface area contributed by atoms with Gasteiger partial charge in [-0.3, -0.25) is 0 Å². The molecule has 2 rings (SSSR count). The molecule has 2 unspecified atom stereocenters. The fraction of sp³-hybridized carbons (Fsp3) is 0.200. The van der Waals surface area contributed by atoms with Gasteiger partial charge in [0, 0.05) is 0 Å². The number of aliphatic hydroxyl groups is 1. The Morgan fingerprint density at radius 2 is 1.81 bits per heavy atom. The Kier molecular flexibility index (Phi) is 2.94. The molecule has 2 atom stereocenters. The molecule has 80 valence electrons. The Morgan fingerprint density at radius 1 is 1.12 bits per heavy atom. The van der Waals surface area contributed by atoms with E-state index in [0.29, 0.717) is 0 Å². The van der Waals surface area contributed by atoms with Crippen molar-refractivity contribution in [3.8, 4) is 12.3 Å². The summed E-state index contributed by atoms with van der Waals surface area (Å²) in [6.45, 7) is 1.73. The van der Waals surface area contributed by atoms with Crippen molar-refractivity contribution in [2.75, 3.05) is 0 Å². The quantitative estimate of drug-likeness (QED) is 0.756. The van der Waals surface area contributed by atoms with Crippen LogP contribution in [0.5, 0.6) is 0 Å². The minimum absolute atomic E-state index is 0.244. The average molecular weight is 210 g/mol. The minimum atomic E-state index is -0.532. The zero-order valence-corrected chi connectivity index (χ0v) is 9.22. The van der Waals surface area contributed by atoms with E-state index < -0.39 is 6.10 Å². The maximum absolute atomic E-state index is 9.68. The van der Waals surface area contributed by atoms with Gasteiger partial charge in [0.15, 0.2) is 0 Å². The first-order chi connectivity index (χ1) is 7.74. The first kappa shape index (κ1) is 10.7. The molecule has 0 aliphatic carbocycles. The van der Waals surface area contributed by atoms with Gasteiger partial charge in [-0.2, -0.15) is 0 Å². The number of hydrogen-bond acceptors (Lipinski definition) is 1. The Bertz CT molecular complexity index is 529. The molecule has 0 bridgehead atoms. The predicted octanol–water partition coefficient (Wildman–Crippen LogP) is 2.94. The molecule has 16 heavy (non-hydrogen) atoms. The summed E-state index contributed by atoms with van der Waals surface area (Å²) < 4.78 is 0. The molecule has 0 fully saturated rings. The molecule has 2 aromatic carbocycles. The number of aliphatic hydroxyl groups excluding tert-OH is 1. The maximum Gasteiger partial charge on any atom is 0.0712 e. The summed E-state index contributed by atoms with van der Waals surface area (Å²) >= 11 is 0. The summed E-state index contributed by atoms with van der Waals surface area (Å²) in [5.74, 6) is 2.42. The first-order valence-corrected chi connectivity index (χ1v) is 5.36. The highest BCUT2D eigenvalue weighted by Gasteiger charge is 2.16. The largest absolute Gasteiger partial charge is 0.392 e. The van der Waals surface area contributed by atoms with Crippen LogP contribution in [0.2, 0.25) is 0 Å². The molecule has 1 heteroatoms. The van der Waals surface area contributed by atoms with Crippen LogP contribution in [0.1, 0.15) is 18.4 Å². The van der Waals surface area contributed by atoms with E-state index in [1.54, 1.807) is 6.92 Å². The van der Waals surface area contributed by atoms with Crippen molar-refractivity contribution in [3.05, 3.63) is 48.0 Å². The van der Waals surface area contributed by atoms with Crippen LogP contribution in [-0.4, -0.2) is 11.2 Å². The summed E-state index contributed by atoms with van der Waals surface area (Å²) in [5, 5.41) is 12.0. The van der Waals surface area contributed by atoms with Gasteiger partial charge >= 0.3 is 0 Å². The van der Waals surface area contributed by atoms with Crippen LogP contribution < -0.4 is 0 Å². The molecule has 0 radical (unpaired) electrons. The molecule has 0 spiro atoms. The molecule has 0 saturated carbocycles. The average Bonchev–Trinajstić information content (AvgIpc) is 2.30. The zero-order chi connectivity index (χ0) is 11.5. The van der Waals surface area contributed by atoms with Crippen molar-refractivity contribution in [1.29, 1.82) is 0 Å². The Labute approximate surface area is 95.7 Å². The van der Waals surface area contributed by atoms with Crippen molar-refractivity contribution in [2.45, 2.75) is 18.9 Å². The molecular weight excluding hydrogens is 196 g/mol. The first-order valence-electron chi connectivity index (χ1n) is 5.36. The highest BCUT2D eigenvalue weighted by Crippen LogP contribution is 2.27. The van der Waals surface area contributed by atoms with E-state index in [2.05, 4.69) is 18.1 Å². The standard InChI is InChI=1S/C15H14O/c1-3-13(11(2)16)15-10-6-8-12-7-4-5-9-14(12)15/h1,4-11,13,16H,2H3. The lowest BCUT2D eigenvalue weighted by Crippen LogP contribution is -2.12. The second-order valence-corrected chi connectivity index (χ2v) is 3.95. The van der Waals surface area contributed by atoms with Crippen molar-refractivity contribution in [3.63, 3.8) is 0 Å². The van der Waals surface area contributed by atoms with Crippen molar-refractivity contribution >= 4 is 10.8 Å².